The Balaban J connectivity index is 1.56. The van der Waals surface area contributed by atoms with Crippen molar-refractivity contribution in [2.45, 2.75) is 71.0 Å². The van der Waals surface area contributed by atoms with Crippen LogP contribution in [0.5, 0.6) is 0 Å². The first-order valence-electron chi connectivity index (χ1n) is 9.52. The minimum absolute atomic E-state index is 0.119. The zero-order valence-corrected chi connectivity index (χ0v) is 14.4. The molecule has 0 aliphatic heterocycles. The highest BCUT2D eigenvalue weighted by atomic mass is 16.5. The topological polar surface area (TPSA) is 46.5 Å². The fraction of sp³-hybridized carbons (Fsp3) is 0.850. The molecule has 0 heterocycles. The summed E-state index contributed by atoms with van der Waals surface area (Å²) < 4.78 is 5.70. The van der Waals surface area contributed by atoms with Crippen LogP contribution in [0.1, 0.15) is 58.8 Å². The number of carbonyl (C=O) groups is 1. The summed E-state index contributed by atoms with van der Waals surface area (Å²) in [6, 6.07) is 0. The van der Waals surface area contributed by atoms with E-state index >= 15 is 0 Å². The Hall–Kier alpha value is -0.830. The summed E-state index contributed by atoms with van der Waals surface area (Å²) in [6.45, 7) is 3.92. The molecule has 3 saturated carbocycles. The van der Waals surface area contributed by atoms with Crippen molar-refractivity contribution < 1.29 is 14.6 Å². The first-order chi connectivity index (χ1) is 11.0. The maximum Gasteiger partial charge on any atom is 0.302 e. The van der Waals surface area contributed by atoms with Crippen molar-refractivity contribution in [1.82, 2.24) is 0 Å². The third-order valence-corrected chi connectivity index (χ3v) is 7.72. The number of hydrogen-bond acceptors (Lipinski definition) is 3. The highest BCUT2D eigenvalue weighted by Gasteiger charge is 2.57. The third-order valence-electron chi connectivity index (χ3n) is 7.72. The van der Waals surface area contributed by atoms with Gasteiger partial charge in [-0.05, 0) is 74.5 Å². The number of fused-ring (bicyclic) bond motifs is 5. The fourth-order valence-electron chi connectivity index (χ4n) is 6.72. The van der Waals surface area contributed by atoms with Gasteiger partial charge in [0.2, 0.25) is 0 Å². The molecule has 3 fully saturated rings. The number of allylic oxidation sites excluding steroid dienone is 1. The molecule has 4 rings (SSSR count). The predicted octanol–water partition coefficient (Wildman–Crippen LogP) is 3.71. The Morgan fingerprint density at radius 3 is 2.74 bits per heavy atom. The monoisotopic (exact) mass is 318 g/mol. The molecule has 0 aromatic rings. The molecule has 3 nitrogen and oxygen atoms in total. The minimum Gasteiger partial charge on any atom is -0.462 e. The molecule has 0 unspecified atom stereocenters. The third kappa shape index (κ3) is 2.47. The number of carbonyl (C=O) groups excluding carboxylic acids is 1. The molecule has 1 N–H and O–H groups in total. The second-order valence-corrected chi connectivity index (χ2v) is 8.76. The molecular weight excluding hydrogens is 288 g/mol. The van der Waals surface area contributed by atoms with Gasteiger partial charge in [0.05, 0.1) is 6.10 Å². The van der Waals surface area contributed by atoms with Crippen molar-refractivity contribution in [2.24, 2.45) is 35.0 Å². The van der Waals surface area contributed by atoms with E-state index < -0.39 is 0 Å². The molecule has 4 aliphatic rings. The SMILES string of the molecule is CC(=O)O[C@H]1CC[C@H]2[C@@H]3CC[C@H]4C[C@@H](O)C=C[C@@H]4[C@H]3CC[C@]12C. The number of rotatable bonds is 1. The number of aliphatic hydroxyl groups is 1. The molecular formula is C20H30O3. The van der Waals surface area contributed by atoms with Crippen LogP contribution in [0.3, 0.4) is 0 Å². The Labute approximate surface area is 139 Å². The average Bonchev–Trinajstić information content (AvgIpc) is 2.83. The lowest BCUT2D eigenvalue weighted by molar-refractivity contribution is -0.156. The fourth-order valence-corrected chi connectivity index (χ4v) is 6.72. The van der Waals surface area contributed by atoms with E-state index in [1.165, 1.54) is 32.1 Å². The normalized spacial score (nSPS) is 51.5. The van der Waals surface area contributed by atoms with Crippen LogP contribution in [0, 0.1) is 35.0 Å². The Kier molecular flexibility index (Phi) is 3.83. The molecule has 0 amide bonds. The van der Waals surface area contributed by atoms with Crippen molar-refractivity contribution in [3.8, 4) is 0 Å². The zero-order chi connectivity index (χ0) is 16.2. The molecule has 23 heavy (non-hydrogen) atoms. The first kappa shape index (κ1) is 15.7. The van der Waals surface area contributed by atoms with Gasteiger partial charge in [0.15, 0.2) is 0 Å². The van der Waals surface area contributed by atoms with E-state index in [9.17, 15) is 9.90 Å². The van der Waals surface area contributed by atoms with Gasteiger partial charge in [-0.15, -0.1) is 0 Å². The van der Waals surface area contributed by atoms with Crippen LogP contribution in [0.2, 0.25) is 0 Å². The van der Waals surface area contributed by atoms with Crippen molar-refractivity contribution in [3.63, 3.8) is 0 Å². The van der Waals surface area contributed by atoms with Gasteiger partial charge in [0.1, 0.15) is 6.10 Å². The first-order valence-corrected chi connectivity index (χ1v) is 9.52. The second kappa shape index (κ2) is 5.61. The number of ether oxygens (including phenoxy) is 1. The number of aliphatic hydroxyl groups excluding tert-OH is 1. The summed E-state index contributed by atoms with van der Waals surface area (Å²) in [7, 11) is 0. The summed E-state index contributed by atoms with van der Waals surface area (Å²) in [5, 5.41) is 9.92. The average molecular weight is 318 g/mol. The van der Waals surface area contributed by atoms with Crippen LogP contribution in [0.25, 0.3) is 0 Å². The summed E-state index contributed by atoms with van der Waals surface area (Å²) in [6.07, 6.45) is 12.5. The molecule has 0 aromatic heterocycles. The van der Waals surface area contributed by atoms with Crippen LogP contribution in [0.15, 0.2) is 12.2 Å². The molecule has 0 spiro atoms. The smallest absolute Gasteiger partial charge is 0.302 e. The summed E-state index contributed by atoms with van der Waals surface area (Å²) in [4.78, 5) is 11.5. The maximum absolute atomic E-state index is 11.5. The van der Waals surface area contributed by atoms with E-state index in [1.807, 2.05) is 6.08 Å². The maximum atomic E-state index is 11.5. The second-order valence-electron chi connectivity index (χ2n) is 8.76. The highest BCUT2D eigenvalue weighted by molar-refractivity contribution is 5.66. The van der Waals surface area contributed by atoms with Crippen molar-refractivity contribution in [1.29, 1.82) is 0 Å². The Morgan fingerprint density at radius 2 is 1.96 bits per heavy atom. The van der Waals surface area contributed by atoms with Gasteiger partial charge in [-0.3, -0.25) is 4.79 Å². The number of hydrogen-bond donors (Lipinski definition) is 1. The van der Waals surface area contributed by atoms with E-state index in [1.54, 1.807) is 6.92 Å². The standard InChI is InChI=1S/C20H30O3/c1-12(21)23-19-8-7-18-17-5-3-13-11-14(22)4-6-15(13)16(17)9-10-20(18,19)2/h4,6,13-19,22H,3,5,7-11H2,1-2H3/t13-,14-,15-,16+,17+,18-,19-,20-/m0/s1. The molecule has 0 saturated heterocycles. The van der Waals surface area contributed by atoms with Crippen molar-refractivity contribution in [3.05, 3.63) is 12.2 Å². The molecule has 0 aromatic carbocycles. The van der Waals surface area contributed by atoms with Crippen LogP contribution in [-0.4, -0.2) is 23.3 Å². The Bertz CT molecular complexity index is 513. The molecule has 0 radical (unpaired) electrons. The van der Waals surface area contributed by atoms with Crippen LogP contribution in [-0.2, 0) is 9.53 Å². The lowest BCUT2D eigenvalue weighted by atomic mass is 9.51. The van der Waals surface area contributed by atoms with Gasteiger partial charge < -0.3 is 9.84 Å². The number of esters is 1. The van der Waals surface area contributed by atoms with Gasteiger partial charge in [-0.1, -0.05) is 19.1 Å². The molecule has 128 valence electrons. The lowest BCUT2D eigenvalue weighted by Crippen LogP contribution is -2.49. The van der Waals surface area contributed by atoms with Crippen molar-refractivity contribution in [2.75, 3.05) is 0 Å². The van der Waals surface area contributed by atoms with Gasteiger partial charge >= 0.3 is 5.97 Å². The molecule has 4 aliphatic carbocycles. The van der Waals surface area contributed by atoms with E-state index in [0.29, 0.717) is 17.8 Å². The van der Waals surface area contributed by atoms with E-state index in [-0.39, 0.29) is 23.6 Å². The largest absolute Gasteiger partial charge is 0.462 e. The van der Waals surface area contributed by atoms with Crippen LogP contribution >= 0.6 is 0 Å². The highest BCUT2D eigenvalue weighted by Crippen LogP contribution is 2.62. The molecule has 0 bridgehead atoms. The van der Waals surface area contributed by atoms with Gasteiger partial charge in [-0.25, -0.2) is 0 Å². The van der Waals surface area contributed by atoms with Crippen LogP contribution < -0.4 is 0 Å². The Morgan fingerprint density at radius 1 is 1.13 bits per heavy atom. The van der Waals surface area contributed by atoms with Crippen LogP contribution in [0.4, 0.5) is 0 Å². The lowest BCUT2D eigenvalue weighted by Gasteiger charge is -2.54. The quantitative estimate of drug-likeness (QED) is 0.592. The predicted molar refractivity (Wildman–Crippen MR) is 88.6 cm³/mol. The van der Waals surface area contributed by atoms with E-state index in [0.717, 1.165) is 24.7 Å². The minimum atomic E-state index is -0.221. The summed E-state index contributed by atoms with van der Waals surface area (Å²) >= 11 is 0. The summed E-state index contributed by atoms with van der Waals surface area (Å²) in [5.41, 5.74) is 0.192. The summed E-state index contributed by atoms with van der Waals surface area (Å²) in [5.74, 6) is 3.53. The van der Waals surface area contributed by atoms with Gasteiger partial charge in [0.25, 0.3) is 0 Å². The van der Waals surface area contributed by atoms with Gasteiger partial charge in [-0.2, -0.15) is 0 Å². The van der Waals surface area contributed by atoms with Gasteiger partial charge in [0, 0.05) is 12.3 Å². The van der Waals surface area contributed by atoms with Crippen molar-refractivity contribution >= 4 is 5.97 Å². The zero-order valence-electron chi connectivity index (χ0n) is 14.4. The van der Waals surface area contributed by atoms with E-state index in [4.69, 9.17) is 4.74 Å². The van der Waals surface area contributed by atoms with E-state index in [2.05, 4.69) is 13.0 Å². The molecule has 3 heteroatoms. The molecule has 8 atom stereocenters.